The van der Waals surface area contributed by atoms with Gasteiger partial charge in [-0.2, -0.15) is 0 Å². The Balaban J connectivity index is -0.0000000131. The van der Waals surface area contributed by atoms with E-state index in [0.717, 1.165) is 0 Å². The quantitative estimate of drug-likeness (QED) is 0.276. The van der Waals surface area contributed by atoms with Gasteiger partial charge in [0.15, 0.2) is 0 Å². The zero-order valence-electron chi connectivity index (χ0n) is 6.20. The van der Waals surface area contributed by atoms with Gasteiger partial charge in [0.1, 0.15) is 0 Å². The van der Waals surface area contributed by atoms with Gasteiger partial charge in [-0.1, -0.05) is 0 Å². The molecule has 0 fully saturated rings. The largest absolute Gasteiger partial charge is 1.00 e. The Labute approximate surface area is 129 Å². The Bertz CT molecular complexity index is 66.5. The van der Waals surface area contributed by atoms with E-state index in [2.05, 4.69) is 7.85 Å². The molecule has 0 aliphatic carbocycles. The minimum Gasteiger partial charge on any atom is -0.854 e. The van der Waals surface area contributed by atoms with Gasteiger partial charge >= 0.3 is 88.7 Å². The maximum atomic E-state index is 8.48. The molecule has 0 aromatic carbocycles. The summed E-state index contributed by atoms with van der Waals surface area (Å²) in [6.45, 7) is 0. The van der Waals surface area contributed by atoms with Crippen LogP contribution >= 0.6 is 8.60 Å². The third-order valence-electron chi connectivity index (χ3n) is 0. The fourth-order valence-corrected chi connectivity index (χ4v) is 0. The molecule has 0 rings (SSSR count). The van der Waals surface area contributed by atoms with Crippen LogP contribution in [0.1, 0.15) is 0 Å². The van der Waals surface area contributed by atoms with E-state index < -0.39 is 8.60 Å². The first-order valence-electron chi connectivity index (χ1n) is 1.06. The van der Waals surface area contributed by atoms with Crippen molar-refractivity contribution in [3.05, 3.63) is 0 Å². The van der Waals surface area contributed by atoms with E-state index in [1.807, 2.05) is 0 Å². The van der Waals surface area contributed by atoms with Crippen molar-refractivity contribution in [1.29, 1.82) is 5.26 Å². The van der Waals surface area contributed by atoms with Crippen molar-refractivity contribution in [2.45, 2.75) is 0 Å². The third kappa shape index (κ3) is 129. The van der Waals surface area contributed by atoms with Crippen LogP contribution in [0.2, 0.25) is 0 Å². The molecule has 0 aliphatic rings. The van der Waals surface area contributed by atoms with E-state index >= 15 is 0 Å². The summed E-state index contributed by atoms with van der Waals surface area (Å²) in [4.78, 5) is 25.4. The molecule has 0 atom stereocenters. The molecule has 0 saturated heterocycles. The summed E-state index contributed by atoms with van der Waals surface area (Å²) in [5, 5.41) is 7.10. The Morgan fingerprint density at radius 1 is 1.10 bits per heavy atom. The van der Waals surface area contributed by atoms with E-state index in [0.29, 0.717) is 0 Å². The van der Waals surface area contributed by atoms with Crippen LogP contribution in [0.25, 0.3) is 0 Å². The second-order valence-corrected chi connectivity index (χ2v) is 0.800. The molecule has 38 valence electrons. The molecule has 0 amide bonds. The monoisotopic (exact) mass is 185 g/mol. The topological polar surface area (TPSA) is 93.0 Å². The van der Waals surface area contributed by atoms with Crippen LogP contribution in [-0.4, -0.2) is 7.85 Å². The first-order chi connectivity index (χ1) is 3.15. The maximum Gasteiger partial charge on any atom is 1.00 e. The third-order valence-corrected chi connectivity index (χ3v) is 0. The summed E-state index contributed by atoms with van der Waals surface area (Å²) < 4.78 is 0. The normalized spacial score (nSPS) is 4.30. The molecule has 0 saturated carbocycles. The van der Waals surface area contributed by atoms with Crippen LogP contribution in [-0.2, 0) is 0 Å². The molecular formula is CBNNa3O3P. The van der Waals surface area contributed by atoms with Gasteiger partial charge in [-0.15, -0.1) is 0 Å². The molecule has 0 bridgehead atoms. The summed E-state index contributed by atoms with van der Waals surface area (Å²) in [5.41, 5.74) is 0. The van der Waals surface area contributed by atoms with Crippen molar-refractivity contribution >= 4 is 16.4 Å². The maximum absolute atomic E-state index is 8.48. The van der Waals surface area contributed by atoms with Gasteiger partial charge in [-0.05, 0) is 5.97 Å². The minimum absolute atomic E-state index is 0. The van der Waals surface area contributed by atoms with E-state index in [1.165, 1.54) is 5.97 Å². The molecule has 0 N–H and O–H groups in total. The van der Waals surface area contributed by atoms with Crippen molar-refractivity contribution in [3.8, 4) is 5.97 Å². The molecule has 0 aromatic rings. The summed E-state index contributed by atoms with van der Waals surface area (Å²) in [6.07, 6.45) is 0. The number of hydrogen-bond acceptors (Lipinski definition) is 4. The Kier molecular flexibility index (Phi) is 87.0. The number of hydrogen-bond donors (Lipinski definition) is 0. The smallest absolute Gasteiger partial charge is 0.854 e. The van der Waals surface area contributed by atoms with E-state index in [1.54, 1.807) is 0 Å². The molecule has 0 aliphatic heterocycles. The van der Waals surface area contributed by atoms with E-state index in [9.17, 15) is 0 Å². The summed E-state index contributed by atoms with van der Waals surface area (Å²) in [6, 6.07) is 0. The average molecular weight is 185 g/mol. The zero-order valence-corrected chi connectivity index (χ0v) is 13.1. The molecule has 0 spiro atoms. The average Bonchev–Trinajstić information content (AvgIpc) is 1.33. The summed E-state index contributed by atoms with van der Waals surface area (Å²) >= 11 is 0. The second kappa shape index (κ2) is 29.7. The first kappa shape index (κ1) is 29.3. The molecule has 9 heteroatoms. The molecule has 4 nitrogen and oxygen atoms in total. The van der Waals surface area contributed by atoms with Crippen LogP contribution in [0.3, 0.4) is 0 Å². The Hall–Kier alpha value is 2.86. The van der Waals surface area contributed by atoms with Crippen molar-refractivity contribution < 1.29 is 103 Å². The number of rotatable bonds is 0. The van der Waals surface area contributed by atoms with Gasteiger partial charge in [-0.3, -0.25) is 0 Å². The second-order valence-electron chi connectivity index (χ2n) is 0.353. The summed E-state index contributed by atoms with van der Waals surface area (Å²) in [7, 11) is 0.782. The van der Waals surface area contributed by atoms with Crippen LogP contribution in [0, 0.1) is 11.2 Å². The summed E-state index contributed by atoms with van der Waals surface area (Å²) in [5.74, 6) is 1.25. The van der Waals surface area contributed by atoms with Crippen LogP contribution in [0.5, 0.6) is 0 Å². The Morgan fingerprint density at radius 2 is 1.10 bits per heavy atom. The SMILES string of the molecule is [B]C#N.[Na+].[Na+].[Na+].[O-]P([O-])[O-]. The van der Waals surface area contributed by atoms with E-state index in [4.69, 9.17) is 19.9 Å². The minimum atomic E-state index is -3.37. The molecule has 0 heterocycles. The van der Waals surface area contributed by atoms with Crippen molar-refractivity contribution in [3.63, 3.8) is 0 Å². The fourth-order valence-electron chi connectivity index (χ4n) is 0. The predicted octanol–water partition coefficient (Wildman–Crippen LogP) is -12.1. The number of nitrogens with zero attached hydrogens (tertiary/aromatic N) is 1. The van der Waals surface area contributed by atoms with Crippen LogP contribution < -0.4 is 103 Å². The van der Waals surface area contributed by atoms with Gasteiger partial charge in [-0.25, -0.2) is 5.26 Å². The van der Waals surface area contributed by atoms with Crippen molar-refractivity contribution in [2.24, 2.45) is 0 Å². The molecule has 2 radical (unpaired) electrons. The van der Waals surface area contributed by atoms with Gasteiger partial charge in [0.25, 0.3) is 0 Å². The van der Waals surface area contributed by atoms with Gasteiger partial charge in [0, 0.05) is 0 Å². The standard InChI is InChI=1S/CBN.3Na.O3P/c2-1-3;;;;1-4(2)3/q;3*+1;-3. The van der Waals surface area contributed by atoms with Crippen molar-refractivity contribution in [2.75, 3.05) is 0 Å². The van der Waals surface area contributed by atoms with Gasteiger partial charge in [0.2, 0.25) is 7.85 Å². The molecular weight excluding hydrogens is 185 g/mol. The Morgan fingerprint density at radius 3 is 1.10 bits per heavy atom. The zero-order chi connectivity index (χ0) is 6.28. The van der Waals surface area contributed by atoms with Crippen LogP contribution in [0.15, 0.2) is 0 Å². The molecule has 0 unspecified atom stereocenters. The predicted molar refractivity (Wildman–Crippen MR) is 18.3 cm³/mol. The van der Waals surface area contributed by atoms with Gasteiger partial charge < -0.3 is 23.3 Å². The fraction of sp³-hybridized carbons (Fsp3) is 0. The van der Waals surface area contributed by atoms with E-state index in [-0.39, 0.29) is 88.7 Å². The van der Waals surface area contributed by atoms with Crippen LogP contribution in [0.4, 0.5) is 0 Å². The van der Waals surface area contributed by atoms with Gasteiger partial charge in [0.05, 0.1) is 0 Å². The molecule has 10 heavy (non-hydrogen) atoms. The molecule has 0 aromatic heterocycles. The van der Waals surface area contributed by atoms with Crippen molar-refractivity contribution in [1.82, 2.24) is 0 Å². The number of nitriles is 1. The first-order valence-corrected chi connectivity index (χ1v) is 2.16.